The van der Waals surface area contributed by atoms with Crippen molar-refractivity contribution in [2.75, 3.05) is 0 Å². The molecule has 0 saturated carbocycles. The molecule has 3 N–H and O–H groups in total. The lowest BCUT2D eigenvalue weighted by Gasteiger charge is -2.10. The summed E-state index contributed by atoms with van der Waals surface area (Å²) in [7, 11) is 0. The Bertz CT molecular complexity index is 782. The molecule has 0 spiro atoms. The number of phenolic OH excluding ortho intramolecular Hbond substituents is 1. The van der Waals surface area contributed by atoms with Crippen molar-refractivity contribution in [1.29, 1.82) is 0 Å². The Morgan fingerprint density at radius 1 is 1.00 bits per heavy atom. The third-order valence-electron chi connectivity index (χ3n) is 3.18. The summed E-state index contributed by atoms with van der Waals surface area (Å²) in [6.07, 6.45) is 1.67. The van der Waals surface area contributed by atoms with Gasteiger partial charge in [-0.2, -0.15) is 5.10 Å². The number of nitrogens with two attached hydrogens (primary N) is 1. The molecule has 0 atom stereocenters. The molecular weight excluding hydrogens is 250 g/mol. The highest BCUT2D eigenvalue weighted by Gasteiger charge is 2.16. The fourth-order valence-corrected chi connectivity index (χ4v) is 2.27. The number of rotatable bonds is 2. The number of nitrogens with zero attached hydrogens (tertiary/aromatic N) is 2. The third-order valence-corrected chi connectivity index (χ3v) is 3.18. The molecule has 0 fully saturated rings. The summed E-state index contributed by atoms with van der Waals surface area (Å²) < 4.78 is 0. The van der Waals surface area contributed by atoms with Gasteiger partial charge in [0.15, 0.2) is 0 Å². The van der Waals surface area contributed by atoms with E-state index in [0.29, 0.717) is 17.0 Å². The van der Waals surface area contributed by atoms with Gasteiger partial charge in [0.05, 0.1) is 11.3 Å². The minimum Gasteiger partial charge on any atom is -0.507 e. The smallest absolute Gasteiger partial charge is 0.125 e. The topological polar surface area (TPSA) is 71.5 Å². The predicted molar refractivity (Wildman–Crippen MR) is 79.7 cm³/mol. The highest BCUT2D eigenvalue weighted by Crippen LogP contribution is 2.29. The molecule has 20 heavy (non-hydrogen) atoms. The first-order valence-electron chi connectivity index (χ1n) is 6.21. The van der Waals surface area contributed by atoms with Crippen molar-refractivity contribution < 1.29 is 5.11 Å². The van der Waals surface area contributed by atoms with Crippen molar-refractivity contribution in [1.82, 2.24) is 4.98 Å². The lowest BCUT2D eigenvalue weighted by Crippen LogP contribution is -2.09. The van der Waals surface area contributed by atoms with Crippen molar-refractivity contribution >= 4 is 16.5 Å². The second-order valence-electron chi connectivity index (χ2n) is 4.37. The molecule has 2 aromatic carbocycles. The molecule has 0 radical (unpaired) electrons. The minimum atomic E-state index is 0.138. The summed E-state index contributed by atoms with van der Waals surface area (Å²) in [5, 5.41) is 15.9. The molecule has 98 valence electrons. The van der Waals surface area contributed by atoms with Crippen molar-refractivity contribution in [2.24, 2.45) is 10.9 Å². The molecule has 3 aromatic rings. The van der Waals surface area contributed by atoms with Crippen LogP contribution in [0.3, 0.4) is 0 Å². The quantitative estimate of drug-likeness (QED) is 0.424. The summed E-state index contributed by atoms with van der Waals surface area (Å²) in [6.45, 7) is 0. The van der Waals surface area contributed by atoms with Gasteiger partial charge < -0.3 is 10.9 Å². The summed E-state index contributed by atoms with van der Waals surface area (Å²) in [5.41, 5.74) is 1.70. The maximum absolute atomic E-state index is 10.2. The Morgan fingerprint density at radius 2 is 1.80 bits per heavy atom. The molecule has 1 aromatic heterocycles. The van der Waals surface area contributed by atoms with Crippen LogP contribution in [0.15, 0.2) is 65.9 Å². The van der Waals surface area contributed by atoms with E-state index in [1.807, 2.05) is 48.5 Å². The summed E-state index contributed by atoms with van der Waals surface area (Å²) >= 11 is 0. The molecule has 3 rings (SSSR count). The molecule has 0 saturated heterocycles. The maximum atomic E-state index is 10.2. The molecule has 0 unspecified atom stereocenters. The monoisotopic (exact) mass is 263 g/mol. The summed E-state index contributed by atoms with van der Waals surface area (Å²) in [5.74, 6) is 5.67. The molecule has 4 heteroatoms. The van der Waals surface area contributed by atoms with E-state index in [0.717, 1.165) is 10.8 Å². The third kappa shape index (κ3) is 1.97. The van der Waals surface area contributed by atoms with Gasteiger partial charge in [0.25, 0.3) is 0 Å². The Labute approximate surface area is 116 Å². The summed E-state index contributed by atoms with van der Waals surface area (Å²) in [4.78, 5) is 4.25. The largest absolute Gasteiger partial charge is 0.507 e. The van der Waals surface area contributed by atoms with Crippen molar-refractivity contribution in [3.8, 4) is 5.75 Å². The Morgan fingerprint density at radius 3 is 2.55 bits per heavy atom. The average molecular weight is 263 g/mol. The van der Waals surface area contributed by atoms with Crippen LogP contribution in [0, 0.1) is 0 Å². The number of pyridine rings is 1. The molecule has 0 bridgehead atoms. The van der Waals surface area contributed by atoms with Crippen LogP contribution in [0.4, 0.5) is 0 Å². The standard InChI is InChI=1S/C16H13N3O/c17-19-16(13-7-3-4-10-18-13)15-12-6-2-1-5-11(12)8-9-14(15)20/h1-10,20H,17H2. The molecule has 0 amide bonds. The zero-order valence-electron chi connectivity index (χ0n) is 10.7. The first-order chi connectivity index (χ1) is 9.81. The SMILES string of the molecule is NN=C(c1ccccn1)c1c(O)ccc2ccccc12. The van der Waals surface area contributed by atoms with Crippen LogP contribution in [-0.4, -0.2) is 15.8 Å². The van der Waals surface area contributed by atoms with E-state index in [-0.39, 0.29) is 5.75 Å². The van der Waals surface area contributed by atoms with Crippen molar-refractivity contribution in [2.45, 2.75) is 0 Å². The molecule has 0 aliphatic carbocycles. The highest BCUT2D eigenvalue weighted by molar-refractivity contribution is 6.20. The molecule has 0 aliphatic heterocycles. The van der Waals surface area contributed by atoms with E-state index >= 15 is 0 Å². The van der Waals surface area contributed by atoms with Gasteiger partial charge >= 0.3 is 0 Å². The zero-order valence-corrected chi connectivity index (χ0v) is 10.7. The molecular formula is C16H13N3O. The zero-order chi connectivity index (χ0) is 13.9. The number of hydrogen-bond acceptors (Lipinski definition) is 4. The van der Waals surface area contributed by atoms with Gasteiger partial charge in [0.2, 0.25) is 0 Å². The van der Waals surface area contributed by atoms with E-state index in [2.05, 4.69) is 10.1 Å². The lowest BCUT2D eigenvalue weighted by molar-refractivity contribution is 0.475. The summed E-state index contributed by atoms with van der Waals surface area (Å²) in [6, 6.07) is 16.8. The van der Waals surface area contributed by atoms with Gasteiger partial charge in [0.1, 0.15) is 11.5 Å². The Balaban J connectivity index is 2.31. The second kappa shape index (κ2) is 5.01. The van der Waals surface area contributed by atoms with E-state index in [9.17, 15) is 5.11 Å². The molecule has 4 nitrogen and oxygen atoms in total. The van der Waals surface area contributed by atoms with Crippen LogP contribution in [0.2, 0.25) is 0 Å². The first kappa shape index (κ1) is 12.2. The molecule has 1 heterocycles. The maximum Gasteiger partial charge on any atom is 0.125 e. The minimum absolute atomic E-state index is 0.138. The second-order valence-corrected chi connectivity index (χ2v) is 4.37. The number of aromatic nitrogens is 1. The van der Waals surface area contributed by atoms with Crippen LogP contribution in [0.5, 0.6) is 5.75 Å². The Hall–Kier alpha value is -2.88. The van der Waals surface area contributed by atoms with Gasteiger partial charge in [-0.3, -0.25) is 4.98 Å². The Kier molecular flexibility index (Phi) is 3.05. The van der Waals surface area contributed by atoms with Gasteiger partial charge in [-0.05, 0) is 29.0 Å². The molecule has 0 aliphatic rings. The predicted octanol–water partition coefficient (Wildman–Crippen LogP) is 2.65. The first-order valence-corrected chi connectivity index (χ1v) is 6.21. The van der Waals surface area contributed by atoms with Gasteiger partial charge in [-0.1, -0.05) is 36.4 Å². The van der Waals surface area contributed by atoms with Crippen molar-refractivity contribution in [3.63, 3.8) is 0 Å². The fraction of sp³-hybridized carbons (Fsp3) is 0. The number of benzene rings is 2. The number of hydrogen-bond donors (Lipinski definition) is 2. The number of fused-ring (bicyclic) bond motifs is 1. The number of aromatic hydroxyl groups is 1. The van der Waals surface area contributed by atoms with Gasteiger partial charge in [-0.25, -0.2) is 0 Å². The number of phenols is 1. The van der Waals surface area contributed by atoms with E-state index in [1.54, 1.807) is 12.3 Å². The lowest BCUT2D eigenvalue weighted by atomic mass is 9.98. The van der Waals surface area contributed by atoms with Gasteiger partial charge in [0, 0.05) is 6.20 Å². The van der Waals surface area contributed by atoms with Crippen LogP contribution in [0.1, 0.15) is 11.3 Å². The average Bonchev–Trinajstić information content (AvgIpc) is 2.51. The van der Waals surface area contributed by atoms with E-state index in [1.165, 1.54) is 0 Å². The highest BCUT2D eigenvalue weighted by atomic mass is 16.3. The van der Waals surface area contributed by atoms with E-state index < -0.39 is 0 Å². The van der Waals surface area contributed by atoms with Crippen molar-refractivity contribution in [3.05, 3.63) is 72.1 Å². The van der Waals surface area contributed by atoms with Crippen LogP contribution in [0.25, 0.3) is 10.8 Å². The van der Waals surface area contributed by atoms with Crippen LogP contribution in [-0.2, 0) is 0 Å². The normalized spacial score (nSPS) is 11.7. The van der Waals surface area contributed by atoms with Crippen LogP contribution < -0.4 is 5.84 Å². The van der Waals surface area contributed by atoms with Crippen LogP contribution >= 0.6 is 0 Å². The van der Waals surface area contributed by atoms with E-state index in [4.69, 9.17) is 5.84 Å². The number of hydrazone groups is 1. The van der Waals surface area contributed by atoms with Gasteiger partial charge in [-0.15, -0.1) is 0 Å². The fourth-order valence-electron chi connectivity index (χ4n) is 2.27.